The maximum absolute atomic E-state index is 13.0. The highest BCUT2D eigenvalue weighted by Crippen LogP contribution is 2.16. The summed E-state index contributed by atoms with van der Waals surface area (Å²) in [7, 11) is 0. The number of hydrogen-bond donors (Lipinski definition) is 2. The van der Waals surface area contributed by atoms with Crippen molar-refractivity contribution in [2.24, 2.45) is 0 Å². The summed E-state index contributed by atoms with van der Waals surface area (Å²) in [6.45, 7) is 5.26. The fourth-order valence-corrected chi connectivity index (χ4v) is 3.39. The molecule has 1 aromatic rings. The smallest absolute Gasteiger partial charge is 0.123 e. The van der Waals surface area contributed by atoms with E-state index in [2.05, 4.69) is 17.1 Å². The highest BCUT2D eigenvalue weighted by Gasteiger charge is 2.25. The molecule has 0 unspecified atom stereocenters. The lowest BCUT2D eigenvalue weighted by atomic mass is 10.1. The topological polar surface area (TPSA) is 35.5 Å². The van der Waals surface area contributed by atoms with Gasteiger partial charge in [0.15, 0.2) is 0 Å². The Balaban J connectivity index is 1.94. The SMILES string of the molecule is C[C@H]1CN(Cc2ccc(F)cc2)[C@@H](CSCCO)CN1. The third-order valence-electron chi connectivity index (χ3n) is 3.57. The molecule has 0 bridgehead atoms. The Morgan fingerprint density at radius 1 is 1.40 bits per heavy atom. The van der Waals surface area contributed by atoms with Gasteiger partial charge in [-0.15, -0.1) is 0 Å². The second-order valence-electron chi connectivity index (χ2n) is 5.32. The zero-order valence-electron chi connectivity index (χ0n) is 11.9. The Hall–Kier alpha value is -0.620. The Labute approximate surface area is 124 Å². The Kier molecular flexibility index (Phi) is 6.29. The molecule has 1 aromatic carbocycles. The summed E-state index contributed by atoms with van der Waals surface area (Å²) in [6, 6.07) is 7.72. The van der Waals surface area contributed by atoms with Crippen LogP contribution >= 0.6 is 11.8 Å². The molecule has 1 fully saturated rings. The number of nitrogens with one attached hydrogen (secondary N) is 1. The predicted molar refractivity (Wildman–Crippen MR) is 82.5 cm³/mol. The van der Waals surface area contributed by atoms with Gasteiger partial charge in [0.2, 0.25) is 0 Å². The monoisotopic (exact) mass is 298 g/mol. The van der Waals surface area contributed by atoms with Gasteiger partial charge >= 0.3 is 0 Å². The van der Waals surface area contributed by atoms with Crippen LogP contribution in [0.4, 0.5) is 4.39 Å². The molecule has 5 heteroatoms. The zero-order chi connectivity index (χ0) is 14.4. The normalized spacial score (nSPS) is 23.9. The summed E-state index contributed by atoms with van der Waals surface area (Å²) in [4.78, 5) is 2.46. The minimum Gasteiger partial charge on any atom is -0.396 e. The Bertz CT molecular complexity index is 401. The number of nitrogens with zero attached hydrogens (tertiary/aromatic N) is 1. The van der Waals surface area contributed by atoms with Crippen LogP contribution in [0.2, 0.25) is 0 Å². The van der Waals surface area contributed by atoms with E-state index in [-0.39, 0.29) is 12.4 Å². The number of aliphatic hydroxyl groups excluding tert-OH is 1. The Morgan fingerprint density at radius 2 is 2.15 bits per heavy atom. The van der Waals surface area contributed by atoms with Crippen LogP contribution < -0.4 is 5.32 Å². The standard InChI is InChI=1S/C15H23FN2OS/c1-12-9-18(10-13-2-4-14(16)5-3-13)15(8-17-12)11-20-7-6-19/h2-5,12,15,17,19H,6-11H2,1H3/t12-,15+/m0/s1. The molecule has 0 amide bonds. The van der Waals surface area contributed by atoms with Crippen LogP contribution in [0, 0.1) is 5.82 Å². The lowest BCUT2D eigenvalue weighted by Crippen LogP contribution is -2.56. The highest BCUT2D eigenvalue weighted by molar-refractivity contribution is 7.99. The number of hydrogen-bond acceptors (Lipinski definition) is 4. The van der Waals surface area contributed by atoms with Gasteiger partial charge in [-0.05, 0) is 24.6 Å². The van der Waals surface area contributed by atoms with Gasteiger partial charge in [0.05, 0.1) is 6.61 Å². The van der Waals surface area contributed by atoms with Crippen LogP contribution in [-0.4, -0.2) is 53.3 Å². The number of rotatable bonds is 6. The third-order valence-corrected chi connectivity index (χ3v) is 4.66. The minimum atomic E-state index is -0.183. The van der Waals surface area contributed by atoms with Gasteiger partial charge in [0.25, 0.3) is 0 Å². The van der Waals surface area contributed by atoms with E-state index in [9.17, 15) is 4.39 Å². The summed E-state index contributed by atoms with van der Waals surface area (Å²) in [5.41, 5.74) is 1.15. The molecule has 1 heterocycles. The van der Waals surface area contributed by atoms with Crippen molar-refractivity contribution in [3.05, 3.63) is 35.6 Å². The fraction of sp³-hybridized carbons (Fsp3) is 0.600. The molecule has 0 radical (unpaired) electrons. The quantitative estimate of drug-likeness (QED) is 0.784. The first-order valence-corrected chi connectivity index (χ1v) is 8.25. The van der Waals surface area contributed by atoms with Crippen LogP contribution in [0.25, 0.3) is 0 Å². The summed E-state index contributed by atoms with van der Waals surface area (Å²) in [5.74, 6) is 1.62. The number of benzene rings is 1. The molecule has 2 N–H and O–H groups in total. The van der Waals surface area contributed by atoms with Crippen molar-refractivity contribution in [3.8, 4) is 0 Å². The first-order valence-electron chi connectivity index (χ1n) is 7.09. The number of piperazine rings is 1. The van der Waals surface area contributed by atoms with Gasteiger partial charge in [0, 0.05) is 43.2 Å². The van der Waals surface area contributed by atoms with E-state index in [4.69, 9.17) is 5.11 Å². The van der Waals surface area contributed by atoms with E-state index >= 15 is 0 Å². The van der Waals surface area contributed by atoms with E-state index in [1.807, 2.05) is 12.1 Å². The maximum Gasteiger partial charge on any atom is 0.123 e. The van der Waals surface area contributed by atoms with Crippen molar-refractivity contribution >= 4 is 11.8 Å². The van der Waals surface area contributed by atoms with Crippen LogP contribution in [0.1, 0.15) is 12.5 Å². The van der Waals surface area contributed by atoms with Crippen LogP contribution in [-0.2, 0) is 6.54 Å². The molecule has 0 aromatic heterocycles. The van der Waals surface area contributed by atoms with Crippen LogP contribution in [0.15, 0.2) is 24.3 Å². The third kappa shape index (κ3) is 4.74. The van der Waals surface area contributed by atoms with Gasteiger partial charge in [0.1, 0.15) is 5.82 Å². The summed E-state index contributed by atoms with van der Waals surface area (Å²) >= 11 is 1.79. The molecule has 20 heavy (non-hydrogen) atoms. The summed E-state index contributed by atoms with van der Waals surface area (Å²) < 4.78 is 13.0. The molecule has 0 saturated carbocycles. The van der Waals surface area contributed by atoms with Gasteiger partial charge in [-0.3, -0.25) is 4.90 Å². The second-order valence-corrected chi connectivity index (χ2v) is 6.47. The number of aliphatic hydroxyl groups is 1. The van der Waals surface area contributed by atoms with E-state index in [1.54, 1.807) is 11.8 Å². The number of halogens is 1. The Morgan fingerprint density at radius 3 is 2.85 bits per heavy atom. The van der Waals surface area contributed by atoms with Crippen molar-refractivity contribution < 1.29 is 9.50 Å². The average molecular weight is 298 g/mol. The van der Waals surface area contributed by atoms with Crippen LogP contribution in [0.3, 0.4) is 0 Å². The lowest BCUT2D eigenvalue weighted by molar-refractivity contribution is 0.141. The zero-order valence-corrected chi connectivity index (χ0v) is 12.7. The summed E-state index contributed by atoms with van der Waals surface area (Å²) in [5, 5.41) is 12.4. The molecule has 1 aliphatic rings. The van der Waals surface area contributed by atoms with Crippen molar-refractivity contribution in [1.29, 1.82) is 0 Å². The van der Waals surface area contributed by atoms with Crippen LogP contribution in [0.5, 0.6) is 0 Å². The van der Waals surface area contributed by atoms with Crippen molar-refractivity contribution in [2.75, 3.05) is 31.2 Å². The predicted octanol–water partition coefficient (Wildman–Crippen LogP) is 1.71. The molecule has 1 saturated heterocycles. The molecule has 0 spiro atoms. The van der Waals surface area contributed by atoms with E-state index in [0.29, 0.717) is 12.1 Å². The molecule has 1 aliphatic heterocycles. The average Bonchev–Trinajstić information content (AvgIpc) is 2.44. The fourth-order valence-electron chi connectivity index (χ4n) is 2.50. The van der Waals surface area contributed by atoms with Gasteiger partial charge < -0.3 is 10.4 Å². The van der Waals surface area contributed by atoms with Gasteiger partial charge in [-0.25, -0.2) is 4.39 Å². The first-order chi connectivity index (χ1) is 9.69. The second kappa shape index (κ2) is 7.98. The van der Waals surface area contributed by atoms with Crippen molar-refractivity contribution in [2.45, 2.75) is 25.6 Å². The molecular formula is C15H23FN2OS. The largest absolute Gasteiger partial charge is 0.396 e. The highest BCUT2D eigenvalue weighted by atomic mass is 32.2. The number of thioether (sulfide) groups is 1. The summed E-state index contributed by atoms with van der Waals surface area (Å²) in [6.07, 6.45) is 0. The van der Waals surface area contributed by atoms with E-state index in [1.165, 1.54) is 12.1 Å². The van der Waals surface area contributed by atoms with Crippen molar-refractivity contribution in [1.82, 2.24) is 10.2 Å². The lowest BCUT2D eigenvalue weighted by Gasteiger charge is -2.39. The molecule has 2 rings (SSSR count). The van der Waals surface area contributed by atoms with E-state index in [0.717, 1.165) is 36.7 Å². The molecular weight excluding hydrogens is 275 g/mol. The molecule has 2 atom stereocenters. The maximum atomic E-state index is 13.0. The minimum absolute atomic E-state index is 0.183. The van der Waals surface area contributed by atoms with Gasteiger partial charge in [-0.1, -0.05) is 12.1 Å². The molecule has 112 valence electrons. The van der Waals surface area contributed by atoms with Crippen molar-refractivity contribution in [3.63, 3.8) is 0 Å². The van der Waals surface area contributed by atoms with E-state index < -0.39 is 0 Å². The molecule has 0 aliphatic carbocycles. The first kappa shape index (κ1) is 15.8. The van der Waals surface area contributed by atoms with Gasteiger partial charge in [-0.2, -0.15) is 11.8 Å². The molecule has 3 nitrogen and oxygen atoms in total.